The van der Waals surface area contributed by atoms with Crippen molar-refractivity contribution in [2.45, 2.75) is 25.8 Å². The summed E-state index contributed by atoms with van der Waals surface area (Å²) in [4.78, 5) is 29.9. The number of amides is 1. The molecule has 30 heavy (non-hydrogen) atoms. The molecule has 1 fully saturated rings. The van der Waals surface area contributed by atoms with Gasteiger partial charge in [-0.2, -0.15) is 0 Å². The van der Waals surface area contributed by atoms with Gasteiger partial charge in [0.15, 0.2) is 5.82 Å². The van der Waals surface area contributed by atoms with Crippen molar-refractivity contribution in [1.29, 1.82) is 0 Å². The zero-order valence-corrected chi connectivity index (χ0v) is 16.5. The first-order valence-corrected chi connectivity index (χ1v) is 9.68. The normalized spacial score (nSPS) is 16.5. The maximum atomic E-state index is 14.6. The number of hydrogen-bond acceptors (Lipinski definition) is 7. The Balaban J connectivity index is 1.58. The third kappa shape index (κ3) is 4.08. The molecular formula is C20H23FN8O. The van der Waals surface area contributed by atoms with Crippen LogP contribution >= 0.6 is 0 Å². The molecule has 6 N–H and O–H groups in total. The van der Waals surface area contributed by atoms with E-state index in [0.29, 0.717) is 41.5 Å². The molecule has 1 atom stereocenters. The van der Waals surface area contributed by atoms with E-state index < -0.39 is 11.7 Å². The molecule has 0 bridgehead atoms. The van der Waals surface area contributed by atoms with Crippen LogP contribution in [0.4, 0.5) is 21.7 Å². The Morgan fingerprint density at radius 1 is 1.30 bits per heavy atom. The number of aromatic nitrogens is 4. The first-order valence-electron chi connectivity index (χ1n) is 9.68. The molecular weight excluding hydrogens is 387 g/mol. The molecule has 1 aliphatic heterocycles. The number of carbonyl (C=O) groups excluding carboxylic acids is 1. The minimum atomic E-state index is -0.492. The summed E-state index contributed by atoms with van der Waals surface area (Å²) in [5.74, 6) is -0.698. The molecule has 9 nitrogen and oxygen atoms in total. The van der Waals surface area contributed by atoms with Crippen LogP contribution in [-0.4, -0.2) is 45.0 Å². The smallest absolute Gasteiger partial charge is 0.291 e. The molecule has 3 heterocycles. The Hall–Kier alpha value is -3.53. The number of H-pyrrole nitrogens is 1. The van der Waals surface area contributed by atoms with Gasteiger partial charge in [0, 0.05) is 31.0 Å². The van der Waals surface area contributed by atoms with Crippen molar-refractivity contribution in [1.82, 2.24) is 19.9 Å². The molecule has 1 aromatic carbocycles. The predicted molar refractivity (Wildman–Crippen MR) is 113 cm³/mol. The van der Waals surface area contributed by atoms with E-state index in [0.717, 1.165) is 12.8 Å². The van der Waals surface area contributed by atoms with Gasteiger partial charge < -0.3 is 26.7 Å². The highest BCUT2D eigenvalue weighted by molar-refractivity contribution is 6.04. The number of aryl methyl sites for hydroxylation is 1. The number of halogens is 1. The van der Waals surface area contributed by atoms with Crippen LogP contribution in [0.15, 0.2) is 30.5 Å². The number of benzene rings is 1. The number of nitrogens with two attached hydrogens (primary N) is 2. The Bertz CT molecular complexity index is 1060. The number of hydrogen-bond donors (Lipinski definition) is 4. The molecule has 0 unspecified atom stereocenters. The second kappa shape index (κ2) is 8.07. The van der Waals surface area contributed by atoms with Crippen molar-refractivity contribution in [2.75, 3.05) is 29.0 Å². The lowest BCUT2D eigenvalue weighted by molar-refractivity contribution is 0.101. The Morgan fingerprint density at radius 3 is 2.90 bits per heavy atom. The van der Waals surface area contributed by atoms with Gasteiger partial charge in [0.1, 0.15) is 11.5 Å². The molecule has 0 spiro atoms. The molecule has 1 saturated heterocycles. The van der Waals surface area contributed by atoms with Crippen LogP contribution in [0.5, 0.6) is 0 Å². The standard InChI is InChI=1S/C20H23FN8O/c1-11-8-15(28-20(23)25-11)16-9-24-18(26-16)19(30)27-14-6-2-5-13(21)17(14)29-7-3-4-12(22)10-29/h2,5-6,8-9,12H,3-4,7,10,22H2,1H3,(H,24,26)(H,27,30)(H2,23,25,28)/t12-/m1/s1. The van der Waals surface area contributed by atoms with Crippen molar-refractivity contribution < 1.29 is 9.18 Å². The quantitative estimate of drug-likeness (QED) is 0.516. The maximum absolute atomic E-state index is 14.6. The topological polar surface area (TPSA) is 139 Å². The van der Waals surface area contributed by atoms with Gasteiger partial charge in [-0.15, -0.1) is 0 Å². The minimum Gasteiger partial charge on any atom is -0.368 e. The van der Waals surface area contributed by atoms with Gasteiger partial charge in [-0.3, -0.25) is 4.79 Å². The number of nitrogens with zero attached hydrogens (tertiary/aromatic N) is 4. The number of piperidine rings is 1. The maximum Gasteiger partial charge on any atom is 0.291 e. The van der Waals surface area contributed by atoms with Crippen LogP contribution in [0.1, 0.15) is 29.2 Å². The average Bonchev–Trinajstić information content (AvgIpc) is 3.18. The van der Waals surface area contributed by atoms with Crippen LogP contribution in [0.3, 0.4) is 0 Å². The highest BCUT2D eigenvalue weighted by Crippen LogP contribution is 2.31. The summed E-state index contributed by atoms with van der Waals surface area (Å²) < 4.78 is 14.6. The highest BCUT2D eigenvalue weighted by Gasteiger charge is 2.23. The summed E-state index contributed by atoms with van der Waals surface area (Å²) in [6.07, 6.45) is 3.33. The molecule has 0 radical (unpaired) electrons. The lowest BCUT2D eigenvalue weighted by Gasteiger charge is -2.34. The molecule has 156 valence electrons. The molecule has 3 aromatic rings. The van der Waals surface area contributed by atoms with Gasteiger partial charge in [-0.25, -0.2) is 19.3 Å². The summed E-state index contributed by atoms with van der Waals surface area (Å²) >= 11 is 0. The van der Waals surface area contributed by atoms with E-state index in [1.165, 1.54) is 6.07 Å². The van der Waals surface area contributed by atoms with Gasteiger partial charge in [-0.1, -0.05) is 6.07 Å². The lowest BCUT2D eigenvalue weighted by Crippen LogP contribution is -2.43. The SMILES string of the molecule is Cc1cc(-c2c[nH]c(C(=O)Nc3cccc(F)c3N3CCC[C@@H](N)C3)n2)nc(N)n1. The minimum absolute atomic E-state index is 0.0294. The number of nitrogen functional groups attached to an aromatic ring is 1. The molecule has 1 amide bonds. The fourth-order valence-electron chi connectivity index (χ4n) is 3.62. The van der Waals surface area contributed by atoms with Crippen molar-refractivity contribution in [3.63, 3.8) is 0 Å². The van der Waals surface area contributed by atoms with Crippen molar-refractivity contribution in [3.05, 3.63) is 47.8 Å². The van der Waals surface area contributed by atoms with E-state index >= 15 is 0 Å². The number of nitrogens with one attached hydrogen (secondary N) is 2. The second-order valence-corrected chi connectivity index (χ2v) is 7.33. The van der Waals surface area contributed by atoms with E-state index in [2.05, 4.69) is 25.3 Å². The molecule has 2 aromatic heterocycles. The summed E-state index contributed by atoms with van der Waals surface area (Å²) in [6, 6.07) is 6.28. The van der Waals surface area contributed by atoms with E-state index in [1.807, 2.05) is 4.90 Å². The number of para-hydroxylation sites is 1. The number of imidazole rings is 1. The van der Waals surface area contributed by atoms with Crippen LogP contribution in [0.2, 0.25) is 0 Å². The first-order chi connectivity index (χ1) is 14.4. The zero-order chi connectivity index (χ0) is 21.3. The molecule has 1 aliphatic rings. The van der Waals surface area contributed by atoms with Gasteiger partial charge in [0.2, 0.25) is 5.95 Å². The van der Waals surface area contributed by atoms with E-state index in [-0.39, 0.29) is 17.8 Å². The lowest BCUT2D eigenvalue weighted by atomic mass is 10.1. The molecule has 0 aliphatic carbocycles. The Kier molecular flexibility index (Phi) is 5.32. The predicted octanol–water partition coefficient (Wildman–Crippen LogP) is 2.08. The first kappa shape index (κ1) is 19.8. The average molecular weight is 410 g/mol. The monoisotopic (exact) mass is 410 g/mol. The van der Waals surface area contributed by atoms with E-state index in [1.54, 1.807) is 31.3 Å². The van der Waals surface area contributed by atoms with Crippen molar-refractivity contribution >= 4 is 23.2 Å². The number of anilines is 3. The summed E-state index contributed by atoms with van der Waals surface area (Å²) in [7, 11) is 0. The van der Waals surface area contributed by atoms with Crippen molar-refractivity contribution in [3.8, 4) is 11.4 Å². The van der Waals surface area contributed by atoms with Crippen LogP contribution in [0.25, 0.3) is 11.4 Å². The van der Waals surface area contributed by atoms with Crippen LogP contribution in [-0.2, 0) is 0 Å². The molecule has 0 saturated carbocycles. The Morgan fingerprint density at radius 2 is 2.13 bits per heavy atom. The second-order valence-electron chi connectivity index (χ2n) is 7.33. The number of rotatable bonds is 4. The van der Waals surface area contributed by atoms with Crippen LogP contribution in [0, 0.1) is 12.7 Å². The number of aromatic amines is 1. The summed E-state index contributed by atoms with van der Waals surface area (Å²) in [6.45, 7) is 3.00. The molecule has 4 rings (SSSR count). The highest BCUT2D eigenvalue weighted by atomic mass is 19.1. The van der Waals surface area contributed by atoms with Gasteiger partial charge in [-0.05, 0) is 38.0 Å². The third-order valence-electron chi connectivity index (χ3n) is 4.94. The molecule has 10 heteroatoms. The third-order valence-corrected chi connectivity index (χ3v) is 4.94. The Labute approximate surface area is 172 Å². The van der Waals surface area contributed by atoms with E-state index in [9.17, 15) is 9.18 Å². The zero-order valence-electron chi connectivity index (χ0n) is 16.5. The van der Waals surface area contributed by atoms with Crippen LogP contribution < -0.4 is 21.7 Å². The van der Waals surface area contributed by atoms with Gasteiger partial charge in [0.25, 0.3) is 5.91 Å². The van der Waals surface area contributed by atoms with E-state index in [4.69, 9.17) is 11.5 Å². The largest absolute Gasteiger partial charge is 0.368 e. The summed E-state index contributed by atoms with van der Waals surface area (Å²) in [5.41, 5.74) is 14.1. The van der Waals surface area contributed by atoms with Gasteiger partial charge >= 0.3 is 0 Å². The summed E-state index contributed by atoms with van der Waals surface area (Å²) in [5, 5.41) is 2.75. The van der Waals surface area contributed by atoms with Gasteiger partial charge in [0.05, 0.1) is 17.1 Å². The number of carbonyl (C=O) groups is 1. The van der Waals surface area contributed by atoms with Crippen molar-refractivity contribution in [2.24, 2.45) is 5.73 Å². The fraction of sp³-hybridized carbons (Fsp3) is 0.300. The fourth-order valence-corrected chi connectivity index (χ4v) is 3.62.